The molecule has 3 aromatic carbocycles. The van der Waals surface area contributed by atoms with Crippen LogP contribution in [0, 0.1) is 12.8 Å². The van der Waals surface area contributed by atoms with Crippen molar-refractivity contribution in [1.82, 2.24) is 14.7 Å². The summed E-state index contributed by atoms with van der Waals surface area (Å²) in [6, 6.07) is 25.9. The van der Waals surface area contributed by atoms with Gasteiger partial charge in [0.15, 0.2) is 0 Å². The Balaban J connectivity index is 1.50. The van der Waals surface area contributed by atoms with Crippen molar-refractivity contribution >= 4 is 40.3 Å². The predicted octanol–water partition coefficient (Wildman–Crippen LogP) is 8.24. The quantitative estimate of drug-likeness (QED) is 0.151. The number of aromatic nitrogens is 2. The van der Waals surface area contributed by atoms with Gasteiger partial charge in [0, 0.05) is 17.3 Å². The summed E-state index contributed by atoms with van der Waals surface area (Å²) in [7, 11) is 0. The van der Waals surface area contributed by atoms with Gasteiger partial charge in [-0.05, 0) is 73.7 Å². The summed E-state index contributed by atoms with van der Waals surface area (Å²) in [4.78, 5) is 15.9. The molecule has 5 rings (SSSR count). The minimum absolute atomic E-state index is 0.0881. The Morgan fingerprint density at radius 3 is 2.38 bits per heavy atom. The molecule has 1 aliphatic rings. The van der Waals surface area contributed by atoms with Gasteiger partial charge in [0.1, 0.15) is 15.8 Å². The molecule has 0 radical (unpaired) electrons. The molecule has 2 heterocycles. The first-order chi connectivity index (χ1) is 19.3. The maximum Gasteiger partial charge on any atom is 0.266 e. The van der Waals surface area contributed by atoms with Gasteiger partial charge in [-0.3, -0.25) is 9.69 Å². The van der Waals surface area contributed by atoms with Crippen LogP contribution in [0.1, 0.15) is 49.9 Å². The minimum Gasteiger partial charge on any atom is -0.493 e. The topological polar surface area (TPSA) is 47.4 Å². The number of carbonyl (C=O) groups is 1. The molecule has 1 atom stereocenters. The maximum absolute atomic E-state index is 13.6. The lowest BCUT2D eigenvalue weighted by molar-refractivity contribution is -0.123. The van der Waals surface area contributed by atoms with Gasteiger partial charge in [0.05, 0.1) is 23.2 Å². The molecule has 0 bridgehead atoms. The van der Waals surface area contributed by atoms with Crippen LogP contribution in [0.5, 0.6) is 5.75 Å². The smallest absolute Gasteiger partial charge is 0.266 e. The molecule has 0 N–H and O–H groups in total. The molecular formula is C33H33N3O2S2. The number of rotatable bonds is 9. The number of carbonyl (C=O) groups excluding carboxylic acids is 1. The van der Waals surface area contributed by atoms with E-state index in [0.29, 0.717) is 21.8 Å². The molecular weight excluding hydrogens is 535 g/mol. The van der Waals surface area contributed by atoms with Crippen LogP contribution < -0.4 is 4.74 Å². The highest BCUT2D eigenvalue weighted by Crippen LogP contribution is 2.39. The second-order valence-corrected chi connectivity index (χ2v) is 12.0. The number of thioether (sulfide) groups is 1. The summed E-state index contributed by atoms with van der Waals surface area (Å²) in [5, 5.41) is 4.96. The van der Waals surface area contributed by atoms with Crippen molar-refractivity contribution in [3.8, 4) is 22.7 Å². The zero-order valence-electron chi connectivity index (χ0n) is 23.2. The van der Waals surface area contributed by atoms with Crippen molar-refractivity contribution < 1.29 is 9.53 Å². The second-order valence-electron chi connectivity index (χ2n) is 10.4. The van der Waals surface area contributed by atoms with Crippen molar-refractivity contribution in [1.29, 1.82) is 0 Å². The van der Waals surface area contributed by atoms with E-state index < -0.39 is 0 Å². The highest BCUT2D eigenvalue weighted by molar-refractivity contribution is 8.26. The van der Waals surface area contributed by atoms with Crippen LogP contribution in [-0.2, 0) is 4.79 Å². The summed E-state index contributed by atoms with van der Waals surface area (Å²) < 4.78 is 8.46. The number of para-hydroxylation sites is 1. The third-order valence-electron chi connectivity index (χ3n) is 6.94. The monoisotopic (exact) mass is 567 g/mol. The van der Waals surface area contributed by atoms with Gasteiger partial charge in [0.2, 0.25) is 0 Å². The summed E-state index contributed by atoms with van der Waals surface area (Å²) in [5.41, 5.74) is 5.64. The lowest BCUT2D eigenvalue weighted by Gasteiger charge is -2.23. The summed E-state index contributed by atoms with van der Waals surface area (Å²) >= 11 is 7.01. The van der Waals surface area contributed by atoms with E-state index in [1.807, 2.05) is 96.7 Å². The van der Waals surface area contributed by atoms with Gasteiger partial charge in [-0.15, -0.1) is 0 Å². The van der Waals surface area contributed by atoms with Crippen LogP contribution in [0.15, 0.2) is 90.0 Å². The van der Waals surface area contributed by atoms with Gasteiger partial charge in [-0.1, -0.05) is 86.4 Å². The lowest BCUT2D eigenvalue weighted by atomic mass is 10.0. The van der Waals surface area contributed by atoms with Crippen LogP contribution in [0.25, 0.3) is 23.0 Å². The van der Waals surface area contributed by atoms with Gasteiger partial charge >= 0.3 is 0 Å². The largest absolute Gasteiger partial charge is 0.493 e. The molecule has 40 heavy (non-hydrogen) atoms. The molecule has 0 unspecified atom stereocenters. The van der Waals surface area contributed by atoms with Gasteiger partial charge in [-0.25, -0.2) is 4.68 Å². The van der Waals surface area contributed by atoms with Crippen LogP contribution >= 0.6 is 24.0 Å². The second kappa shape index (κ2) is 12.2. The number of thiocarbonyl (C=S) groups is 1. The molecule has 1 aromatic heterocycles. The molecule has 1 fully saturated rings. The summed E-state index contributed by atoms with van der Waals surface area (Å²) in [6.07, 6.45) is 4.90. The number of amides is 1. The predicted molar refractivity (Wildman–Crippen MR) is 169 cm³/mol. The fraction of sp³-hybridized carbons (Fsp3) is 0.242. The van der Waals surface area contributed by atoms with E-state index >= 15 is 0 Å². The van der Waals surface area contributed by atoms with Gasteiger partial charge in [0.25, 0.3) is 5.91 Å². The van der Waals surface area contributed by atoms with E-state index in [0.717, 1.165) is 45.8 Å². The first-order valence-electron chi connectivity index (χ1n) is 13.5. The Morgan fingerprint density at radius 1 is 1.00 bits per heavy atom. The fourth-order valence-corrected chi connectivity index (χ4v) is 6.04. The SMILES string of the molecule is Cc1cc(-c2nn(-c3ccccc3)cc2/C=C2\SC(=S)N([C@@H](C)c3ccccc3)C2=O)ccc1OCCC(C)C. The lowest BCUT2D eigenvalue weighted by Crippen LogP contribution is -2.30. The van der Waals surface area contributed by atoms with Crippen LogP contribution in [0.4, 0.5) is 0 Å². The van der Waals surface area contributed by atoms with E-state index in [2.05, 4.69) is 26.8 Å². The molecule has 4 aromatic rings. The Morgan fingerprint density at radius 2 is 1.70 bits per heavy atom. The third kappa shape index (κ3) is 6.06. The molecule has 5 nitrogen and oxygen atoms in total. The standard InChI is InChI=1S/C33H33N3O2S2/c1-22(2)17-18-38-29-16-15-26(19-23(29)3)31-27(21-35(34-31)28-13-9-6-10-14-28)20-30-32(37)36(33(39)40-30)24(4)25-11-7-5-8-12-25/h5-16,19-22,24H,17-18H2,1-4H3/b30-20-/t24-/m0/s1. The highest BCUT2D eigenvalue weighted by atomic mass is 32.2. The molecule has 0 saturated carbocycles. The van der Waals surface area contributed by atoms with Crippen molar-refractivity contribution in [3.63, 3.8) is 0 Å². The molecule has 7 heteroatoms. The number of ether oxygens (including phenoxy) is 1. The Hall–Kier alpha value is -3.68. The molecule has 0 aliphatic carbocycles. The van der Waals surface area contributed by atoms with Crippen molar-refractivity contribution in [3.05, 3.63) is 107 Å². The van der Waals surface area contributed by atoms with Crippen LogP contribution in [-0.4, -0.2) is 31.5 Å². The molecule has 204 valence electrons. The van der Waals surface area contributed by atoms with E-state index in [9.17, 15) is 4.79 Å². The Labute approximate surface area is 245 Å². The Kier molecular flexibility index (Phi) is 8.52. The average Bonchev–Trinajstić information content (AvgIpc) is 3.50. The van der Waals surface area contributed by atoms with Gasteiger partial charge in [-0.2, -0.15) is 5.10 Å². The number of benzene rings is 3. The van der Waals surface area contributed by atoms with Crippen LogP contribution in [0.2, 0.25) is 0 Å². The molecule has 1 aliphatic heterocycles. The van der Waals surface area contributed by atoms with E-state index in [1.54, 1.807) is 4.90 Å². The Bertz CT molecular complexity index is 1540. The fourth-order valence-electron chi connectivity index (χ4n) is 4.63. The maximum atomic E-state index is 13.6. The van der Waals surface area contributed by atoms with Crippen molar-refractivity contribution in [2.24, 2.45) is 5.92 Å². The highest BCUT2D eigenvalue weighted by Gasteiger charge is 2.36. The first kappa shape index (κ1) is 27.9. The van der Waals surface area contributed by atoms with Crippen molar-refractivity contribution in [2.45, 2.75) is 40.2 Å². The zero-order chi connectivity index (χ0) is 28.2. The van der Waals surface area contributed by atoms with E-state index in [1.165, 1.54) is 11.8 Å². The molecule has 1 amide bonds. The van der Waals surface area contributed by atoms with Gasteiger partial charge < -0.3 is 4.74 Å². The zero-order valence-corrected chi connectivity index (χ0v) is 24.8. The number of nitrogens with zero attached hydrogens (tertiary/aromatic N) is 3. The van der Waals surface area contributed by atoms with Crippen molar-refractivity contribution in [2.75, 3.05) is 6.61 Å². The van der Waals surface area contributed by atoms with Crippen LogP contribution in [0.3, 0.4) is 0 Å². The van der Waals surface area contributed by atoms with E-state index in [-0.39, 0.29) is 11.9 Å². The third-order valence-corrected chi connectivity index (χ3v) is 8.27. The molecule has 0 spiro atoms. The van der Waals surface area contributed by atoms with E-state index in [4.69, 9.17) is 22.1 Å². The average molecular weight is 568 g/mol. The molecule has 1 saturated heterocycles. The first-order valence-corrected chi connectivity index (χ1v) is 14.7. The summed E-state index contributed by atoms with van der Waals surface area (Å²) in [5.74, 6) is 1.38. The summed E-state index contributed by atoms with van der Waals surface area (Å²) in [6.45, 7) is 9.14. The normalized spacial score (nSPS) is 15.3. The number of hydrogen-bond acceptors (Lipinski definition) is 5. The number of hydrogen-bond donors (Lipinski definition) is 0. The minimum atomic E-state index is -0.156. The number of aryl methyl sites for hydroxylation is 1.